The molecule has 5 nitrogen and oxygen atoms in total. The van der Waals surface area contributed by atoms with Gasteiger partial charge in [-0.05, 0) is 43.5 Å². The smallest absolute Gasteiger partial charge is 0.242 e. The van der Waals surface area contributed by atoms with Crippen LogP contribution < -0.4 is 10.1 Å². The molecule has 0 aromatic heterocycles. The van der Waals surface area contributed by atoms with E-state index >= 15 is 0 Å². The van der Waals surface area contributed by atoms with Crippen molar-refractivity contribution in [3.05, 3.63) is 65.5 Å². The Morgan fingerprint density at radius 3 is 2.48 bits per heavy atom. The fourth-order valence-electron chi connectivity index (χ4n) is 4.02. The second-order valence-corrected chi connectivity index (χ2v) is 9.46. The molecule has 0 aliphatic heterocycles. The van der Waals surface area contributed by atoms with Crippen LogP contribution in [0.4, 0.5) is 4.39 Å². The molecule has 2 amide bonds. The normalized spacial score (nSPS) is 15.0. The van der Waals surface area contributed by atoms with Crippen LogP contribution in [0.15, 0.2) is 48.5 Å². The molecular formula is C26H33FN2O3S. The molecular weight excluding hydrogens is 439 g/mol. The lowest BCUT2D eigenvalue weighted by molar-refractivity contribution is -0.139. The van der Waals surface area contributed by atoms with Gasteiger partial charge >= 0.3 is 0 Å². The maximum atomic E-state index is 14.3. The molecule has 178 valence electrons. The van der Waals surface area contributed by atoms with E-state index < -0.39 is 6.04 Å². The number of benzene rings is 2. The lowest BCUT2D eigenvalue weighted by Crippen LogP contribution is -2.51. The zero-order chi connectivity index (χ0) is 23.6. The second-order valence-electron chi connectivity index (χ2n) is 8.47. The number of nitrogens with zero attached hydrogens (tertiary/aromatic N) is 1. The molecule has 1 aliphatic carbocycles. The molecule has 0 spiro atoms. The summed E-state index contributed by atoms with van der Waals surface area (Å²) in [6, 6.07) is 13.6. The SMILES string of the molecule is COc1ccc(CSCC(=O)N(Cc2ccccc2F)[C@H](C)C(=O)NC2CCCCC2)cc1. The second kappa shape index (κ2) is 12.6. The van der Waals surface area contributed by atoms with Gasteiger partial charge in [0.05, 0.1) is 12.9 Å². The third kappa shape index (κ3) is 7.49. The number of halogens is 1. The fraction of sp³-hybridized carbons (Fsp3) is 0.462. The van der Waals surface area contributed by atoms with Gasteiger partial charge in [-0.15, -0.1) is 11.8 Å². The third-order valence-electron chi connectivity index (χ3n) is 6.07. The first-order chi connectivity index (χ1) is 16.0. The van der Waals surface area contributed by atoms with Crippen molar-refractivity contribution in [1.82, 2.24) is 10.2 Å². The van der Waals surface area contributed by atoms with Crippen LogP contribution in [0, 0.1) is 5.82 Å². The van der Waals surface area contributed by atoms with Gasteiger partial charge in [0.1, 0.15) is 17.6 Å². The Balaban J connectivity index is 1.64. The third-order valence-corrected chi connectivity index (χ3v) is 7.06. The number of thioether (sulfide) groups is 1. The van der Waals surface area contributed by atoms with Crippen LogP contribution >= 0.6 is 11.8 Å². The van der Waals surface area contributed by atoms with Crippen molar-refractivity contribution in [2.24, 2.45) is 0 Å². The van der Waals surface area contributed by atoms with Crippen LogP contribution in [0.2, 0.25) is 0 Å². The molecule has 3 rings (SSSR count). The largest absolute Gasteiger partial charge is 0.497 e. The molecule has 2 aromatic rings. The van der Waals surface area contributed by atoms with Crippen LogP contribution in [0.5, 0.6) is 5.75 Å². The summed E-state index contributed by atoms with van der Waals surface area (Å²) in [5, 5.41) is 3.10. The maximum absolute atomic E-state index is 14.3. The number of ether oxygens (including phenoxy) is 1. The zero-order valence-corrected chi connectivity index (χ0v) is 20.2. The Labute approximate surface area is 200 Å². The average molecular weight is 473 g/mol. The number of methoxy groups -OCH3 is 1. The van der Waals surface area contributed by atoms with Crippen molar-refractivity contribution in [2.75, 3.05) is 12.9 Å². The number of carbonyl (C=O) groups excluding carboxylic acids is 2. The average Bonchev–Trinajstić information content (AvgIpc) is 2.84. The Morgan fingerprint density at radius 1 is 1.12 bits per heavy atom. The summed E-state index contributed by atoms with van der Waals surface area (Å²) in [7, 11) is 1.62. The standard InChI is InChI=1S/C26H33FN2O3S/c1-19(26(31)28-22-9-4-3-5-10-22)29(16-21-8-6-7-11-24(21)27)25(30)18-33-17-20-12-14-23(32-2)15-13-20/h6-8,11-15,19,22H,3-5,9-10,16-18H2,1-2H3,(H,28,31)/t19-/m1/s1. The number of rotatable bonds is 10. The number of carbonyl (C=O) groups is 2. The van der Waals surface area contributed by atoms with E-state index in [-0.39, 0.29) is 36.0 Å². The van der Waals surface area contributed by atoms with Crippen molar-refractivity contribution < 1.29 is 18.7 Å². The number of nitrogens with one attached hydrogen (secondary N) is 1. The molecule has 2 aromatic carbocycles. The molecule has 1 atom stereocenters. The Bertz CT molecular complexity index is 916. The van der Waals surface area contributed by atoms with Gasteiger partial charge in [0.2, 0.25) is 11.8 Å². The molecule has 1 aliphatic rings. The van der Waals surface area contributed by atoms with Gasteiger partial charge in [0, 0.05) is 23.9 Å². The van der Waals surface area contributed by atoms with Crippen molar-refractivity contribution in [3.8, 4) is 5.75 Å². The molecule has 0 unspecified atom stereocenters. The molecule has 0 saturated heterocycles. The Morgan fingerprint density at radius 2 is 1.82 bits per heavy atom. The summed E-state index contributed by atoms with van der Waals surface area (Å²) in [5.41, 5.74) is 1.49. The minimum atomic E-state index is -0.680. The van der Waals surface area contributed by atoms with Crippen molar-refractivity contribution in [2.45, 2.75) is 63.4 Å². The van der Waals surface area contributed by atoms with Crippen LogP contribution in [-0.4, -0.2) is 41.7 Å². The zero-order valence-electron chi connectivity index (χ0n) is 19.4. The quantitative estimate of drug-likeness (QED) is 0.533. The van der Waals surface area contributed by atoms with Gasteiger partial charge in [0.15, 0.2) is 0 Å². The van der Waals surface area contributed by atoms with E-state index in [2.05, 4.69) is 5.32 Å². The van der Waals surface area contributed by atoms with Gasteiger partial charge in [-0.1, -0.05) is 49.6 Å². The molecule has 1 saturated carbocycles. The van der Waals surface area contributed by atoms with Gasteiger partial charge in [-0.2, -0.15) is 0 Å². The van der Waals surface area contributed by atoms with Gasteiger partial charge in [0.25, 0.3) is 0 Å². The number of amides is 2. The van der Waals surface area contributed by atoms with E-state index in [9.17, 15) is 14.0 Å². The topological polar surface area (TPSA) is 58.6 Å². The molecule has 1 fully saturated rings. The molecule has 1 N–H and O–H groups in total. The summed E-state index contributed by atoms with van der Waals surface area (Å²) in [6.45, 7) is 1.79. The van der Waals surface area contributed by atoms with E-state index in [0.717, 1.165) is 37.0 Å². The van der Waals surface area contributed by atoms with E-state index in [0.29, 0.717) is 11.3 Å². The molecule has 0 radical (unpaired) electrons. The first-order valence-electron chi connectivity index (χ1n) is 11.5. The van der Waals surface area contributed by atoms with Crippen LogP contribution in [-0.2, 0) is 21.9 Å². The Hall–Kier alpha value is -2.54. The molecule has 0 heterocycles. The van der Waals surface area contributed by atoms with Crippen LogP contribution in [0.25, 0.3) is 0 Å². The molecule has 7 heteroatoms. The maximum Gasteiger partial charge on any atom is 0.242 e. The highest BCUT2D eigenvalue weighted by atomic mass is 32.2. The monoisotopic (exact) mass is 472 g/mol. The van der Waals surface area contributed by atoms with Crippen LogP contribution in [0.3, 0.4) is 0 Å². The van der Waals surface area contributed by atoms with E-state index in [4.69, 9.17) is 4.74 Å². The van der Waals surface area contributed by atoms with E-state index in [1.165, 1.54) is 29.1 Å². The molecule has 0 bridgehead atoms. The first-order valence-corrected chi connectivity index (χ1v) is 12.7. The van der Waals surface area contributed by atoms with Crippen LogP contribution in [0.1, 0.15) is 50.2 Å². The van der Waals surface area contributed by atoms with Crippen molar-refractivity contribution in [3.63, 3.8) is 0 Å². The number of hydrogen-bond donors (Lipinski definition) is 1. The minimum absolute atomic E-state index is 0.0633. The fourth-order valence-corrected chi connectivity index (χ4v) is 4.89. The van der Waals surface area contributed by atoms with Gasteiger partial charge in [-0.25, -0.2) is 4.39 Å². The van der Waals surface area contributed by atoms with Gasteiger partial charge in [-0.3, -0.25) is 9.59 Å². The molecule has 33 heavy (non-hydrogen) atoms. The highest BCUT2D eigenvalue weighted by molar-refractivity contribution is 7.99. The summed E-state index contributed by atoms with van der Waals surface area (Å²) in [6.07, 6.45) is 5.36. The Kier molecular flexibility index (Phi) is 9.61. The van der Waals surface area contributed by atoms with Crippen molar-refractivity contribution >= 4 is 23.6 Å². The minimum Gasteiger partial charge on any atom is -0.497 e. The lowest BCUT2D eigenvalue weighted by atomic mass is 9.95. The highest BCUT2D eigenvalue weighted by Crippen LogP contribution is 2.20. The van der Waals surface area contributed by atoms with E-state index in [1.54, 1.807) is 32.2 Å². The van der Waals surface area contributed by atoms with Crippen molar-refractivity contribution in [1.29, 1.82) is 0 Å². The lowest BCUT2D eigenvalue weighted by Gasteiger charge is -2.31. The van der Waals surface area contributed by atoms with Gasteiger partial charge < -0.3 is 15.0 Å². The highest BCUT2D eigenvalue weighted by Gasteiger charge is 2.28. The predicted octanol–water partition coefficient (Wildman–Crippen LogP) is 4.93. The summed E-state index contributed by atoms with van der Waals surface area (Å²) < 4.78 is 19.5. The summed E-state index contributed by atoms with van der Waals surface area (Å²) >= 11 is 1.48. The predicted molar refractivity (Wildman–Crippen MR) is 131 cm³/mol. The summed E-state index contributed by atoms with van der Waals surface area (Å²) in [5.74, 6) is 0.928. The first kappa shape index (κ1) is 25.1. The number of hydrogen-bond acceptors (Lipinski definition) is 4. The van der Waals surface area contributed by atoms with E-state index in [1.807, 2.05) is 24.3 Å². The summed E-state index contributed by atoms with van der Waals surface area (Å²) in [4.78, 5) is 27.6.